The fourth-order valence-electron chi connectivity index (χ4n) is 7.02. The Hall–Kier alpha value is -3.53. The summed E-state index contributed by atoms with van der Waals surface area (Å²) < 4.78 is 60.9. The van der Waals surface area contributed by atoms with Crippen LogP contribution in [0.4, 0.5) is 17.6 Å². The number of rotatable bonds is 5. The Balaban J connectivity index is 1.48. The number of likely N-dealkylation sites (tertiary alicyclic amines) is 1. The van der Waals surface area contributed by atoms with E-state index in [2.05, 4.69) is 28.9 Å². The van der Waals surface area contributed by atoms with Crippen LogP contribution < -0.4 is 5.56 Å². The van der Waals surface area contributed by atoms with E-state index in [4.69, 9.17) is 0 Å². The van der Waals surface area contributed by atoms with Crippen molar-refractivity contribution in [1.82, 2.24) is 24.1 Å². The summed E-state index contributed by atoms with van der Waals surface area (Å²) >= 11 is 0. The summed E-state index contributed by atoms with van der Waals surface area (Å²) in [6, 6.07) is 9.22. The Labute approximate surface area is 235 Å². The maximum absolute atomic E-state index is 15.6. The second kappa shape index (κ2) is 10.1. The van der Waals surface area contributed by atoms with Crippen LogP contribution in [0.25, 0.3) is 16.6 Å². The third-order valence-corrected chi connectivity index (χ3v) is 8.78. The van der Waals surface area contributed by atoms with Crippen molar-refractivity contribution >= 4 is 5.52 Å². The van der Waals surface area contributed by atoms with Crippen molar-refractivity contribution in [3.8, 4) is 11.1 Å². The molecule has 4 heterocycles. The maximum atomic E-state index is 15.6. The molecule has 0 radical (unpaired) electrons. The van der Waals surface area contributed by atoms with E-state index in [-0.39, 0.29) is 12.1 Å². The van der Waals surface area contributed by atoms with E-state index in [0.717, 1.165) is 66.7 Å². The number of hydrogen-bond acceptors (Lipinski definition) is 4. The molecule has 0 N–H and O–H groups in total. The van der Waals surface area contributed by atoms with E-state index in [9.17, 15) is 18.0 Å². The summed E-state index contributed by atoms with van der Waals surface area (Å²) in [6.45, 7) is 6.07. The summed E-state index contributed by atoms with van der Waals surface area (Å²) in [5, 5.41) is 8.42. The number of hydrogen-bond donors (Lipinski definition) is 0. The first-order valence-corrected chi connectivity index (χ1v) is 14.1. The van der Waals surface area contributed by atoms with Crippen LogP contribution in [0.3, 0.4) is 0 Å². The van der Waals surface area contributed by atoms with E-state index >= 15 is 4.39 Å². The van der Waals surface area contributed by atoms with Crippen molar-refractivity contribution in [2.24, 2.45) is 18.9 Å². The first kappa shape index (κ1) is 27.6. The Morgan fingerprint density at radius 2 is 1.88 bits per heavy atom. The van der Waals surface area contributed by atoms with Crippen LogP contribution in [-0.2, 0) is 25.2 Å². The normalized spacial score (nSPS) is 23.6. The summed E-state index contributed by atoms with van der Waals surface area (Å²) in [5.41, 5.74) is -1.28. The monoisotopic (exact) mass is 567 g/mol. The van der Waals surface area contributed by atoms with Gasteiger partial charge in [0.25, 0.3) is 5.56 Å². The highest BCUT2D eigenvalue weighted by Gasteiger charge is 2.48. The van der Waals surface area contributed by atoms with Crippen LogP contribution in [0.15, 0.2) is 53.7 Å². The van der Waals surface area contributed by atoms with Crippen molar-refractivity contribution in [1.29, 1.82) is 0 Å². The summed E-state index contributed by atoms with van der Waals surface area (Å²) in [5.74, 6) is 0.617. The van der Waals surface area contributed by atoms with Gasteiger partial charge in [0.1, 0.15) is 18.0 Å². The van der Waals surface area contributed by atoms with Gasteiger partial charge >= 0.3 is 6.18 Å². The molecule has 1 aromatic carbocycles. The highest BCUT2D eigenvalue weighted by molar-refractivity contribution is 5.69. The molecular weight excluding hydrogens is 534 g/mol. The predicted octanol–water partition coefficient (Wildman–Crippen LogP) is 6.20. The average Bonchev–Trinajstić information content (AvgIpc) is 3.33. The third kappa shape index (κ3) is 4.86. The van der Waals surface area contributed by atoms with Gasteiger partial charge in [-0.15, -0.1) is 10.2 Å². The standard InChI is InChI=1S/C31H33F4N5O/c1-19-6-5-9-39(15-19)16-21-10-25(31(33,34)35)27-26(32)12-24(28(41)40(27)17-21)22-7-4-8-23(11-22)30(13-20(2)14-30)29-37-36-18-38(29)3/h4,7-8,10-12,17-20H,5-6,9,13-16H2,1-3H3/t19-,20?,30?/m0/s1. The number of halogens is 4. The number of benzene rings is 1. The number of pyridine rings is 2. The highest BCUT2D eigenvalue weighted by Crippen LogP contribution is 2.51. The van der Waals surface area contributed by atoms with Crippen LogP contribution in [0.5, 0.6) is 0 Å². The van der Waals surface area contributed by atoms with Gasteiger partial charge in [-0.3, -0.25) is 14.1 Å². The van der Waals surface area contributed by atoms with E-state index in [1.165, 1.54) is 6.20 Å². The van der Waals surface area contributed by atoms with Crippen molar-refractivity contribution in [3.05, 3.63) is 87.6 Å². The van der Waals surface area contributed by atoms with Gasteiger partial charge in [0.2, 0.25) is 0 Å². The number of aryl methyl sites for hydroxylation is 1. The molecule has 216 valence electrons. The smallest absolute Gasteiger partial charge is 0.320 e. The van der Waals surface area contributed by atoms with E-state index in [1.54, 1.807) is 18.5 Å². The molecule has 6 nitrogen and oxygen atoms in total. The quantitative estimate of drug-likeness (QED) is 0.270. The van der Waals surface area contributed by atoms with Crippen molar-refractivity contribution in [2.45, 2.75) is 57.7 Å². The van der Waals surface area contributed by atoms with E-state index in [0.29, 0.717) is 23.0 Å². The van der Waals surface area contributed by atoms with Crippen molar-refractivity contribution < 1.29 is 17.6 Å². The van der Waals surface area contributed by atoms with Crippen LogP contribution in [0.1, 0.15) is 62.0 Å². The van der Waals surface area contributed by atoms with Gasteiger partial charge in [0, 0.05) is 26.3 Å². The molecular formula is C31H33F4N5O. The second-order valence-corrected chi connectivity index (χ2v) is 12.1. The Bertz CT molecular complexity index is 1670. The minimum Gasteiger partial charge on any atom is -0.320 e. The lowest BCUT2D eigenvalue weighted by molar-refractivity contribution is -0.136. The number of fused-ring (bicyclic) bond motifs is 1. The molecule has 0 unspecified atom stereocenters. The lowest BCUT2D eigenvalue weighted by Crippen LogP contribution is -2.43. The Morgan fingerprint density at radius 3 is 2.54 bits per heavy atom. The summed E-state index contributed by atoms with van der Waals surface area (Å²) in [4.78, 5) is 15.9. The lowest BCUT2D eigenvalue weighted by Gasteiger charge is -2.46. The molecule has 1 aliphatic heterocycles. The lowest BCUT2D eigenvalue weighted by atomic mass is 9.58. The SMILES string of the molecule is CC1CC(c2cccc(-c3cc(F)c4c(C(F)(F)F)cc(CN5CCC[C@H](C)C5)cn4c3=O)c2)(c2nncn2C)C1. The fourth-order valence-corrected chi connectivity index (χ4v) is 7.02. The number of alkyl halides is 3. The second-order valence-electron chi connectivity index (χ2n) is 12.1. The molecule has 2 aliphatic rings. The molecule has 4 aromatic rings. The molecule has 1 saturated carbocycles. The third-order valence-electron chi connectivity index (χ3n) is 8.78. The summed E-state index contributed by atoms with van der Waals surface area (Å²) in [6.07, 6.45) is 1.90. The Kier molecular flexibility index (Phi) is 6.79. The molecule has 1 atom stereocenters. The molecule has 1 aliphatic carbocycles. The van der Waals surface area contributed by atoms with Gasteiger partial charge in [-0.05, 0) is 79.0 Å². The molecule has 6 rings (SSSR count). The van der Waals surface area contributed by atoms with Crippen LogP contribution in [0, 0.1) is 17.7 Å². The molecule has 3 aromatic heterocycles. The van der Waals surface area contributed by atoms with Crippen LogP contribution in [0.2, 0.25) is 0 Å². The molecule has 10 heteroatoms. The zero-order chi connectivity index (χ0) is 29.1. The van der Waals surface area contributed by atoms with Crippen molar-refractivity contribution in [2.75, 3.05) is 13.1 Å². The average molecular weight is 568 g/mol. The van der Waals surface area contributed by atoms with E-state index in [1.807, 2.05) is 23.7 Å². The molecule has 1 saturated heterocycles. The molecule has 0 amide bonds. The minimum atomic E-state index is -4.82. The molecule has 0 spiro atoms. The number of piperidine rings is 1. The van der Waals surface area contributed by atoms with Crippen LogP contribution in [-0.4, -0.2) is 37.2 Å². The topological polar surface area (TPSA) is 55.4 Å². The first-order chi connectivity index (χ1) is 19.5. The van der Waals surface area contributed by atoms with Gasteiger partial charge in [-0.2, -0.15) is 13.2 Å². The summed E-state index contributed by atoms with van der Waals surface area (Å²) in [7, 11) is 1.88. The van der Waals surface area contributed by atoms with Gasteiger partial charge in [0.05, 0.1) is 22.1 Å². The first-order valence-electron chi connectivity index (χ1n) is 14.1. The van der Waals surface area contributed by atoms with Gasteiger partial charge in [-0.1, -0.05) is 32.0 Å². The number of aromatic nitrogens is 4. The van der Waals surface area contributed by atoms with Gasteiger partial charge < -0.3 is 4.57 Å². The minimum absolute atomic E-state index is 0.0132. The molecule has 2 fully saturated rings. The Morgan fingerprint density at radius 1 is 1.10 bits per heavy atom. The molecule has 0 bridgehead atoms. The highest BCUT2D eigenvalue weighted by atomic mass is 19.4. The van der Waals surface area contributed by atoms with Gasteiger partial charge in [-0.25, -0.2) is 4.39 Å². The predicted molar refractivity (Wildman–Crippen MR) is 148 cm³/mol. The van der Waals surface area contributed by atoms with E-state index < -0.39 is 34.0 Å². The largest absolute Gasteiger partial charge is 0.418 e. The zero-order valence-electron chi connectivity index (χ0n) is 23.4. The zero-order valence-corrected chi connectivity index (χ0v) is 23.4. The fraction of sp³-hybridized carbons (Fsp3) is 0.452. The number of nitrogens with zero attached hydrogens (tertiary/aromatic N) is 5. The van der Waals surface area contributed by atoms with Gasteiger partial charge in [0.15, 0.2) is 0 Å². The molecule has 41 heavy (non-hydrogen) atoms. The maximum Gasteiger partial charge on any atom is 0.418 e. The van der Waals surface area contributed by atoms with Crippen molar-refractivity contribution in [3.63, 3.8) is 0 Å². The van der Waals surface area contributed by atoms with Crippen LogP contribution >= 0.6 is 0 Å².